The molecule has 2 aromatic heterocycles. The van der Waals surface area contributed by atoms with Gasteiger partial charge >= 0.3 is 5.97 Å². The van der Waals surface area contributed by atoms with E-state index in [1.165, 1.54) is 6.20 Å². The Hall–Kier alpha value is -2.21. The Morgan fingerprint density at radius 2 is 2.05 bits per heavy atom. The van der Waals surface area contributed by atoms with Gasteiger partial charge in [-0.25, -0.2) is 4.79 Å². The van der Waals surface area contributed by atoms with E-state index in [-0.39, 0.29) is 10.8 Å². The van der Waals surface area contributed by atoms with E-state index < -0.39 is 5.97 Å². The second-order valence-electron chi connectivity index (χ2n) is 4.07. The number of carbonyl (C=O) groups is 2. The van der Waals surface area contributed by atoms with E-state index in [1.807, 2.05) is 6.92 Å². The van der Waals surface area contributed by atoms with Gasteiger partial charge < -0.3 is 10.4 Å². The van der Waals surface area contributed by atoms with Crippen LogP contribution in [0.4, 0.5) is 5.00 Å². The van der Waals surface area contributed by atoms with Crippen LogP contribution in [0, 0.1) is 13.8 Å². The Labute approximate surface area is 113 Å². The third-order valence-electron chi connectivity index (χ3n) is 2.52. The van der Waals surface area contributed by atoms with Crippen LogP contribution in [-0.4, -0.2) is 22.0 Å². The molecule has 0 saturated carbocycles. The van der Waals surface area contributed by atoms with Gasteiger partial charge in [-0.3, -0.25) is 9.78 Å². The maximum Gasteiger partial charge on any atom is 0.346 e. The number of nitrogens with one attached hydrogen (secondary N) is 1. The number of pyridine rings is 1. The molecule has 0 saturated heterocycles. The van der Waals surface area contributed by atoms with Crippen molar-refractivity contribution in [3.63, 3.8) is 0 Å². The number of aryl methyl sites for hydroxylation is 2. The molecule has 0 aliphatic rings. The summed E-state index contributed by atoms with van der Waals surface area (Å²) in [6, 6.07) is 5.07. The minimum Gasteiger partial charge on any atom is -0.477 e. The van der Waals surface area contributed by atoms with Crippen LogP contribution in [0.3, 0.4) is 0 Å². The fourth-order valence-electron chi connectivity index (χ4n) is 1.54. The van der Waals surface area contributed by atoms with Crippen molar-refractivity contribution in [2.75, 3.05) is 5.32 Å². The molecule has 1 amide bonds. The molecule has 6 heteroatoms. The highest BCUT2D eigenvalue weighted by molar-refractivity contribution is 7.18. The second kappa shape index (κ2) is 5.19. The molecular weight excluding hydrogens is 264 g/mol. The normalized spacial score (nSPS) is 10.2. The van der Waals surface area contributed by atoms with Crippen molar-refractivity contribution in [2.24, 2.45) is 0 Å². The van der Waals surface area contributed by atoms with Gasteiger partial charge in [-0.05, 0) is 37.6 Å². The summed E-state index contributed by atoms with van der Waals surface area (Å²) in [5, 5.41) is 12.1. The summed E-state index contributed by atoms with van der Waals surface area (Å²) in [4.78, 5) is 27.1. The zero-order chi connectivity index (χ0) is 14.0. The Morgan fingerprint density at radius 1 is 1.32 bits per heavy atom. The average Bonchev–Trinajstić information content (AvgIpc) is 2.71. The largest absolute Gasteiger partial charge is 0.477 e. The van der Waals surface area contributed by atoms with Crippen LogP contribution >= 0.6 is 11.3 Å². The summed E-state index contributed by atoms with van der Waals surface area (Å²) in [7, 11) is 0. The molecule has 0 aliphatic heterocycles. The molecule has 2 rings (SSSR count). The summed E-state index contributed by atoms with van der Waals surface area (Å²) in [5.74, 6) is -1.29. The number of rotatable bonds is 3. The number of thiophene rings is 1. The van der Waals surface area contributed by atoms with Gasteiger partial charge in [0.05, 0.1) is 10.6 Å². The number of carbonyl (C=O) groups excluding carboxylic acids is 1. The fourth-order valence-corrected chi connectivity index (χ4v) is 2.45. The number of amides is 1. The number of carboxylic acid groups (broad SMARTS) is 1. The predicted molar refractivity (Wildman–Crippen MR) is 72.9 cm³/mol. The summed E-state index contributed by atoms with van der Waals surface area (Å²) >= 11 is 1.04. The first kappa shape index (κ1) is 13.2. The molecule has 2 aromatic rings. The van der Waals surface area contributed by atoms with Crippen LogP contribution in [0.5, 0.6) is 0 Å². The number of hydrogen-bond acceptors (Lipinski definition) is 4. The Balaban J connectivity index is 2.17. The number of aromatic carboxylic acids is 1. The molecule has 2 heterocycles. The molecule has 19 heavy (non-hydrogen) atoms. The Kier molecular flexibility index (Phi) is 3.62. The summed E-state index contributed by atoms with van der Waals surface area (Å²) in [6.45, 7) is 3.53. The standard InChI is InChI=1S/C13H12N2O3S/c1-7-5-10(19-11(7)13(17)18)15-12(16)9-4-3-8(2)14-6-9/h3-6H,1-2H3,(H,15,16)(H,17,18). The molecule has 0 aliphatic carbocycles. The van der Waals surface area contributed by atoms with Crippen molar-refractivity contribution in [3.8, 4) is 0 Å². The van der Waals surface area contributed by atoms with Gasteiger partial charge in [0.25, 0.3) is 5.91 Å². The lowest BCUT2D eigenvalue weighted by Gasteiger charge is -2.02. The highest BCUT2D eigenvalue weighted by Gasteiger charge is 2.14. The molecule has 2 N–H and O–H groups in total. The van der Waals surface area contributed by atoms with Crippen LogP contribution in [0.25, 0.3) is 0 Å². The van der Waals surface area contributed by atoms with Gasteiger partial charge in [-0.2, -0.15) is 0 Å². The summed E-state index contributed by atoms with van der Waals surface area (Å²) < 4.78 is 0. The van der Waals surface area contributed by atoms with Crippen molar-refractivity contribution in [3.05, 3.63) is 46.1 Å². The van der Waals surface area contributed by atoms with Crippen molar-refractivity contribution in [1.82, 2.24) is 4.98 Å². The fraction of sp³-hybridized carbons (Fsp3) is 0.154. The number of hydrogen-bond donors (Lipinski definition) is 2. The van der Waals surface area contributed by atoms with Crippen molar-refractivity contribution in [1.29, 1.82) is 0 Å². The number of carboxylic acids is 1. The van der Waals surface area contributed by atoms with E-state index in [0.717, 1.165) is 17.0 Å². The van der Waals surface area contributed by atoms with Crippen LogP contribution in [0.15, 0.2) is 24.4 Å². The van der Waals surface area contributed by atoms with Crippen LogP contribution in [-0.2, 0) is 0 Å². The van der Waals surface area contributed by atoms with Crippen molar-refractivity contribution >= 4 is 28.2 Å². The number of nitrogens with zero attached hydrogens (tertiary/aromatic N) is 1. The minimum atomic E-state index is -0.986. The molecular formula is C13H12N2O3S. The van der Waals surface area contributed by atoms with E-state index in [0.29, 0.717) is 16.1 Å². The molecule has 0 aromatic carbocycles. The van der Waals surface area contributed by atoms with E-state index in [2.05, 4.69) is 10.3 Å². The third kappa shape index (κ3) is 2.97. The Bertz CT molecular complexity index is 632. The highest BCUT2D eigenvalue weighted by atomic mass is 32.1. The van der Waals surface area contributed by atoms with Gasteiger partial charge in [0.2, 0.25) is 0 Å². The first-order valence-corrected chi connectivity index (χ1v) is 6.37. The lowest BCUT2D eigenvalue weighted by molar-refractivity contribution is 0.0701. The number of anilines is 1. The first-order chi connectivity index (χ1) is 8.97. The molecule has 0 fully saturated rings. The van der Waals surface area contributed by atoms with Gasteiger partial charge in [0.15, 0.2) is 0 Å². The molecule has 0 spiro atoms. The summed E-state index contributed by atoms with van der Waals surface area (Å²) in [6.07, 6.45) is 1.49. The van der Waals surface area contributed by atoms with Gasteiger partial charge in [0, 0.05) is 11.9 Å². The van der Waals surface area contributed by atoms with Gasteiger partial charge in [-0.15, -0.1) is 11.3 Å². The molecule has 98 valence electrons. The SMILES string of the molecule is Cc1ccc(C(=O)Nc2cc(C)c(C(=O)O)s2)cn1. The van der Waals surface area contributed by atoms with Gasteiger partial charge in [-0.1, -0.05) is 0 Å². The third-order valence-corrected chi connectivity index (χ3v) is 3.66. The van der Waals surface area contributed by atoms with E-state index in [4.69, 9.17) is 5.11 Å². The lowest BCUT2D eigenvalue weighted by Crippen LogP contribution is -2.11. The molecule has 0 radical (unpaired) electrons. The monoisotopic (exact) mass is 276 g/mol. The minimum absolute atomic E-state index is 0.234. The van der Waals surface area contributed by atoms with Crippen LogP contribution in [0.1, 0.15) is 31.3 Å². The predicted octanol–water partition coefficient (Wildman–Crippen LogP) is 2.71. The van der Waals surface area contributed by atoms with E-state index in [9.17, 15) is 9.59 Å². The number of aromatic nitrogens is 1. The van der Waals surface area contributed by atoms with E-state index in [1.54, 1.807) is 25.1 Å². The molecule has 0 atom stereocenters. The second-order valence-corrected chi connectivity index (χ2v) is 5.12. The maximum absolute atomic E-state index is 11.9. The van der Waals surface area contributed by atoms with Crippen LogP contribution in [0.2, 0.25) is 0 Å². The molecule has 0 unspecified atom stereocenters. The van der Waals surface area contributed by atoms with Gasteiger partial charge in [0.1, 0.15) is 4.88 Å². The zero-order valence-corrected chi connectivity index (χ0v) is 11.2. The van der Waals surface area contributed by atoms with Crippen molar-refractivity contribution in [2.45, 2.75) is 13.8 Å². The molecule has 5 nitrogen and oxygen atoms in total. The quantitative estimate of drug-likeness (QED) is 0.903. The summed E-state index contributed by atoms with van der Waals surface area (Å²) in [5.41, 5.74) is 1.90. The average molecular weight is 276 g/mol. The zero-order valence-electron chi connectivity index (χ0n) is 10.4. The topological polar surface area (TPSA) is 79.3 Å². The molecule has 0 bridgehead atoms. The maximum atomic E-state index is 11.9. The highest BCUT2D eigenvalue weighted by Crippen LogP contribution is 2.26. The van der Waals surface area contributed by atoms with Crippen molar-refractivity contribution < 1.29 is 14.7 Å². The lowest BCUT2D eigenvalue weighted by atomic mass is 10.2. The van der Waals surface area contributed by atoms with Crippen LogP contribution < -0.4 is 5.32 Å². The van der Waals surface area contributed by atoms with E-state index >= 15 is 0 Å². The Morgan fingerprint density at radius 3 is 2.58 bits per heavy atom. The smallest absolute Gasteiger partial charge is 0.346 e. The first-order valence-electron chi connectivity index (χ1n) is 5.55.